The van der Waals surface area contributed by atoms with Gasteiger partial charge in [-0.15, -0.1) is 11.3 Å². The molecule has 1 unspecified atom stereocenters. The van der Waals surface area contributed by atoms with E-state index in [0.29, 0.717) is 0 Å². The van der Waals surface area contributed by atoms with E-state index in [9.17, 15) is 0 Å². The van der Waals surface area contributed by atoms with Crippen LogP contribution in [0.4, 0.5) is 0 Å². The Bertz CT molecular complexity index is 581. The Kier molecular flexibility index (Phi) is 4.44. The first kappa shape index (κ1) is 15.1. The summed E-state index contributed by atoms with van der Waals surface area (Å²) < 4.78 is 0. The van der Waals surface area contributed by atoms with Crippen LogP contribution in [0.25, 0.3) is 0 Å². The molecule has 1 heterocycles. The number of hydrogen-bond donors (Lipinski definition) is 0. The van der Waals surface area contributed by atoms with Gasteiger partial charge >= 0.3 is 0 Å². The standard InChI is InChI=1S/C16H18BrClS/c1-10-5-6-11(18)9-12(10)15(17)13-7-8-14(19-13)16(2,3)4/h5-9,15H,1-4H3. The van der Waals surface area contributed by atoms with E-state index < -0.39 is 0 Å². The Morgan fingerprint density at radius 1 is 1.16 bits per heavy atom. The quantitative estimate of drug-likeness (QED) is 0.539. The van der Waals surface area contributed by atoms with Crippen LogP contribution in [-0.4, -0.2) is 0 Å². The van der Waals surface area contributed by atoms with Gasteiger partial charge in [0.2, 0.25) is 0 Å². The Morgan fingerprint density at radius 3 is 2.42 bits per heavy atom. The SMILES string of the molecule is Cc1ccc(Cl)cc1C(Br)c1ccc(C(C)(C)C)s1. The third-order valence-corrected chi connectivity index (χ3v) is 6.23. The number of aryl methyl sites for hydroxylation is 1. The molecule has 0 amide bonds. The molecule has 0 aliphatic carbocycles. The van der Waals surface area contributed by atoms with Crippen molar-refractivity contribution >= 4 is 38.9 Å². The number of halogens is 2. The summed E-state index contributed by atoms with van der Waals surface area (Å²) in [5, 5.41) is 0.789. The van der Waals surface area contributed by atoms with Crippen molar-refractivity contribution in [3.8, 4) is 0 Å². The molecule has 0 aliphatic rings. The zero-order valence-corrected chi connectivity index (χ0v) is 14.8. The summed E-state index contributed by atoms with van der Waals surface area (Å²) in [7, 11) is 0. The van der Waals surface area contributed by atoms with Gasteiger partial charge in [0.05, 0.1) is 4.83 Å². The second kappa shape index (κ2) is 5.59. The van der Waals surface area contributed by atoms with Crippen molar-refractivity contribution in [2.24, 2.45) is 0 Å². The maximum absolute atomic E-state index is 6.11. The number of thiophene rings is 1. The number of benzene rings is 1. The molecule has 1 aromatic heterocycles. The molecule has 1 aromatic carbocycles. The summed E-state index contributed by atoms with van der Waals surface area (Å²) in [6.07, 6.45) is 0. The Labute approximate surface area is 132 Å². The molecule has 2 rings (SSSR count). The molecule has 0 aliphatic heterocycles. The molecule has 2 aromatic rings. The summed E-state index contributed by atoms with van der Waals surface area (Å²) in [5.41, 5.74) is 2.71. The molecule has 0 radical (unpaired) electrons. The van der Waals surface area contributed by atoms with E-state index in [1.54, 1.807) is 0 Å². The van der Waals surface area contributed by atoms with E-state index in [2.05, 4.69) is 61.8 Å². The van der Waals surface area contributed by atoms with Crippen LogP contribution in [0.5, 0.6) is 0 Å². The molecule has 0 saturated heterocycles. The van der Waals surface area contributed by atoms with Crippen LogP contribution in [0, 0.1) is 6.92 Å². The van der Waals surface area contributed by atoms with Gasteiger partial charge in [-0.05, 0) is 47.7 Å². The summed E-state index contributed by atoms with van der Waals surface area (Å²) >= 11 is 11.8. The molecule has 0 fully saturated rings. The monoisotopic (exact) mass is 356 g/mol. The summed E-state index contributed by atoms with van der Waals surface area (Å²) in [4.78, 5) is 2.95. The topological polar surface area (TPSA) is 0 Å². The van der Waals surface area contributed by atoms with Crippen molar-refractivity contribution in [1.29, 1.82) is 0 Å². The third kappa shape index (κ3) is 3.42. The predicted octanol–water partition coefficient (Wildman–Crippen LogP) is 6.49. The summed E-state index contributed by atoms with van der Waals surface area (Å²) in [6, 6.07) is 10.5. The van der Waals surface area contributed by atoms with Gasteiger partial charge in [-0.3, -0.25) is 0 Å². The maximum Gasteiger partial charge on any atom is 0.0741 e. The summed E-state index contributed by atoms with van der Waals surface area (Å²) in [6.45, 7) is 8.86. The second-order valence-corrected chi connectivity index (χ2v) is 8.28. The van der Waals surface area contributed by atoms with Crippen LogP contribution in [-0.2, 0) is 5.41 Å². The molecular formula is C16H18BrClS. The lowest BCUT2D eigenvalue weighted by Crippen LogP contribution is -2.07. The normalized spacial score (nSPS) is 13.6. The first-order chi connectivity index (χ1) is 8.79. The first-order valence-electron chi connectivity index (χ1n) is 6.29. The largest absolute Gasteiger partial charge is 0.143 e. The average molecular weight is 358 g/mol. The predicted molar refractivity (Wildman–Crippen MR) is 90.0 cm³/mol. The maximum atomic E-state index is 6.11. The minimum absolute atomic E-state index is 0.207. The van der Waals surface area contributed by atoms with Crippen LogP contribution < -0.4 is 0 Å². The molecule has 0 nitrogen and oxygen atoms in total. The Hall–Kier alpha value is -0.310. The molecule has 0 N–H and O–H groups in total. The zero-order valence-electron chi connectivity index (χ0n) is 11.6. The van der Waals surface area contributed by atoms with E-state index in [-0.39, 0.29) is 10.2 Å². The van der Waals surface area contributed by atoms with Crippen LogP contribution in [0.2, 0.25) is 5.02 Å². The van der Waals surface area contributed by atoms with E-state index >= 15 is 0 Å². The summed E-state index contributed by atoms with van der Waals surface area (Å²) in [5.74, 6) is 0. The van der Waals surface area contributed by atoms with Gasteiger partial charge in [-0.2, -0.15) is 0 Å². The fourth-order valence-electron chi connectivity index (χ4n) is 1.93. The third-order valence-electron chi connectivity index (χ3n) is 3.13. The van der Waals surface area contributed by atoms with Crippen LogP contribution in [0.15, 0.2) is 30.3 Å². The lowest BCUT2D eigenvalue weighted by atomic mass is 9.95. The number of hydrogen-bond acceptors (Lipinski definition) is 1. The smallest absolute Gasteiger partial charge is 0.0741 e. The highest BCUT2D eigenvalue weighted by molar-refractivity contribution is 9.09. The molecule has 1 atom stereocenters. The molecular weight excluding hydrogens is 340 g/mol. The van der Waals surface area contributed by atoms with Gasteiger partial charge < -0.3 is 0 Å². The number of alkyl halides is 1. The van der Waals surface area contributed by atoms with E-state index in [1.807, 2.05) is 23.5 Å². The van der Waals surface area contributed by atoms with Gasteiger partial charge in [-0.1, -0.05) is 54.4 Å². The van der Waals surface area contributed by atoms with E-state index in [4.69, 9.17) is 11.6 Å². The highest BCUT2D eigenvalue weighted by Crippen LogP contribution is 2.40. The van der Waals surface area contributed by atoms with Gasteiger partial charge in [0.15, 0.2) is 0 Å². The lowest BCUT2D eigenvalue weighted by Gasteiger charge is -2.16. The van der Waals surface area contributed by atoms with E-state index in [1.165, 1.54) is 20.9 Å². The number of rotatable bonds is 2. The minimum atomic E-state index is 0.207. The van der Waals surface area contributed by atoms with Crippen molar-refractivity contribution in [2.45, 2.75) is 37.9 Å². The van der Waals surface area contributed by atoms with Gasteiger partial charge in [-0.25, -0.2) is 0 Å². The lowest BCUT2D eigenvalue weighted by molar-refractivity contribution is 0.604. The van der Waals surface area contributed by atoms with Crippen molar-refractivity contribution in [3.63, 3.8) is 0 Å². The van der Waals surface area contributed by atoms with Crippen molar-refractivity contribution in [1.82, 2.24) is 0 Å². The minimum Gasteiger partial charge on any atom is -0.143 e. The fraction of sp³-hybridized carbons (Fsp3) is 0.375. The second-order valence-electron chi connectivity index (χ2n) is 5.82. The fourth-order valence-corrected chi connectivity index (χ4v) is 4.10. The molecule has 19 heavy (non-hydrogen) atoms. The van der Waals surface area contributed by atoms with Crippen LogP contribution >= 0.6 is 38.9 Å². The van der Waals surface area contributed by atoms with Crippen LogP contribution in [0.1, 0.15) is 46.5 Å². The van der Waals surface area contributed by atoms with Gasteiger partial charge in [0.1, 0.15) is 0 Å². The van der Waals surface area contributed by atoms with Gasteiger partial charge in [0.25, 0.3) is 0 Å². The van der Waals surface area contributed by atoms with Crippen LogP contribution in [0.3, 0.4) is 0 Å². The molecule has 0 spiro atoms. The highest BCUT2D eigenvalue weighted by atomic mass is 79.9. The first-order valence-corrected chi connectivity index (χ1v) is 8.40. The molecule has 0 bridgehead atoms. The zero-order chi connectivity index (χ0) is 14.2. The van der Waals surface area contributed by atoms with Crippen molar-refractivity contribution < 1.29 is 0 Å². The molecule has 3 heteroatoms. The highest BCUT2D eigenvalue weighted by Gasteiger charge is 2.20. The Morgan fingerprint density at radius 2 is 1.84 bits per heavy atom. The average Bonchev–Trinajstić information content (AvgIpc) is 2.80. The van der Waals surface area contributed by atoms with Gasteiger partial charge in [0, 0.05) is 14.8 Å². The van der Waals surface area contributed by atoms with Crippen molar-refractivity contribution in [3.05, 3.63) is 56.2 Å². The molecule has 0 saturated carbocycles. The molecule has 102 valence electrons. The van der Waals surface area contributed by atoms with E-state index in [0.717, 1.165) is 5.02 Å². The Balaban J connectivity index is 2.36. The van der Waals surface area contributed by atoms with Crippen molar-refractivity contribution in [2.75, 3.05) is 0 Å².